The topological polar surface area (TPSA) is 40.5 Å². The van der Waals surface area contributed by atoms with Gasteiger partial charge in [-0.2, -0.15) is 0 Å². The molecule has 0 amide bonds. The van der Waals surface area contributed by atoms with Gasteiger partial charge in [-0.25, -0.2) is 0 Å². The maximum absolute atomic E-state index is 9.61. The Morgan fingerprint density at radius 3 is 1.07 bits per heavy atom. The molecular formula is C12H22O2. The molecule has 0 aromatic rings. The molecule has 2 nitrogen and oxygen atoms in total. The molecule has 0 unspecified atom stereocenters. The van der Waals surface area contributed by atoms with Crippen molar-refractivity contribution in [2.24, 2.45) is 10.8 Å². The first-order chi connectivity index (χ1) is 6.05. The van der Waals surface area contributed by atoms with E-state index >= 15 is 0 Å². The highest BCUT2D eigenvalue weighted by Crippen LogP contribution is 2.25. The molecule has 0 aliphatic rings. The first-order valence-corrected chi connectivity index (χ1v) is 4.86. The van der Waals surface area contributed by atoms with Gasteiger partial charge in [-0.05, 0) is 12.2 Å². The van der Waals surface area contributed by atoms with Crippen LogP contribution < -0.4 is 0 Å². The fraction of sp³-hybridized carbons (Fsp3) is 0.667. The highest BCUT2D eigenvalue weighted by Gasteiger charge is 2.17. The zero-order valence-electron chi connectivity index (χ0n) is 10.0. The van der Waals surface area contributed by atoms with E-state index in [1.54, 1.807) is 12.2 Å². The van der Waals surface area contributed by atoms with Crippen molar-refractivity contribution >= 4 is 0 Å². The summed E-state index contributed by atoms with van der Waals surface area (Å²) in [5, 5.41) is 19.2. The first-order valence-electron chi connectivity index (χ1n) is 4.86. The van der Waals surface area contributed by atoms with Crippen molar-refractivity contribution in [3.05, 3.63) is 23.7 Å². The van der Waals surface area contributed by atoms with E-state index in [-0.39, 0.29) is 22.3 Å². The molecule has 0 rings (SSSR count). The molecule has 82 valence electrons. The Labute approximate surface area is 87.0 Å². The van der Waals surface area contributed by atoms with Crippen molar-refractivity contribution in [1.29, 1.82) is 0 Å². The van der Waals surface area contributed by atoms with Gasteiger partial charge in [0.2, 0.25) is 0 Å². The summed E-state index contributed by atoms with van der Waals surface area (Å²) in [7, 11) is 0. The Hall–Kier alpha value is -0.920. The van der Waals surface area contributed by atoms with Crippen molar-refractivity contribution < 1.29 is 10.2 Å². The average molecular weight is 198 g/mol. The monoisotopic (exact) mass is 198 g/mol. The van der Waals surface area contributed by atoms with Gasteiger partial charge >= 0.3 is 0 Å². The van der Waals surface area contributed by atoms with Gasteiger partial charge in [0.05, 0.1) is 11.5 Å². The summed E-state index contributed by atoms with van der Waals surface area (Å²) in [6.07, 6.45) is 3.11. The number of allylic oxidation sites excluding steroid dienone is 4. The second kappa shape index (κ2) is 4.07. The quantitative estimate of drug-likeness (QED) is 0.494. The number of hydrogen-bond donors (Lipinski definition) is 2. The molecule has 0 fully saturated rings. The molecule has 0 spiro atoms. The van der Waals surface area contributed by atoms with Crippen molar-refractivity contribution in [2.75, 3.05) is 0 Å². The molecule has 0 saturated carbocycles. The van der Waals surface area contributed by atoms with E-state index in [0.717, 1.165) is 0 Å². The molecule has 0 aliphatic carbocycles. The maximum Gasteiger partial charge on any atom is 0.0977 e. The maximum atomic E-state index is 9.61. The summed E-state index contributed by atoms with van der Waals surface area (Å²) in [5.74, 6) is 0.543. The summed E-state index contributed by atoms with van der Waals surface area (Å²) in [5.41, 5.74) is -0.538. The molecule has 2 N–H and O–H groups in total. The van der Waals surface area contributed by atoms with Crippen LogP contribution in [0.3, 0.4) is 0 Å². The van der Waals surface area contributed by atoms with Crippen LogP contribution in [0.2, 0.25) is 0 Å². The summed E-state index contributed by atoms with van der Waals surface area (Å²) in [6.45, 7) is 11.5. The van der Waals surface area contributed by atoms with Gasteiger partial charge in [-0.15, -0.1) is 0 Å². The van der Waals surface area contributed by atoms with Gasteiger partial charge < -0.3 is 10.2 Å². The average Bonchev–Trinajstić information content (AvgIpc) is 1.95. The molecule has 0 saturated heterocycles. The highest BCUT2D eigenvalue weighted by molar-refractivity contribution is 5.16. The van der Waals surface area contributed by atoms with Crippen LogP contribution in [0.4, 0.5) is 0 Å². The zero-order valence-corrected chi connectivity index (χ0v) is 10.0. The van der Waals surface area contributed by atoms with Crippen LogP contribution in [0, 0.1) is 10.8 Å². The molecule has 0 heterocycles. The number of rotatable bonds is 1. The van der Waals surface area contributed by atoms with E-state index in [4.69, 9.17) is 0 Å². The van der Waals surface area contributed by atoms with E-state index < -0.39 is 0 Å². The van der Waals surface area contributed by atoms with Gasteiger partial charge in [-0.1, -0.05) is 41.5 Å². The normalized spacial score (nSPS) is 15.9. The number of aliphatic hydroxyl groups is 2. The van der Waals surface area contributed by atoms with Crippen LogP contribution in [-0.2, 0) is 0 Å². The van der Waals surface area contributed by atoms with Crippen molar-refractivity contribution in [1.82, 2.24) is 0 Å². The largest absolute Gasteiger partial charge is 0.512 e. The van der Waals surface area contributed by atoms with Crippen LogP contribution >= 0.6 is 0 Å². The SMILES string of the molecule is CC(C)(C)/C(O)=C/C=C(\O)C(C)(C)C. The van der Waals surface area contributed by atoms with E-state index in [0.29, 0.717) is 0 Å². The molecule has 0 aromatic heterocycles. The van der Waals surface area contributed by atoms with Crippen LogP contribution in [-0.4, -0.2) is 10.2 Å². The Morgan fingerprint density at radius 2 is 0.929 bits per heavy atom. The van der Waals surface area contributed by atoms with E-state index in [1.165, 1.54) is 0 Å². The lowest BCUT2D eigenvalue weighted by Gasteiger charge is -2.18. The lowest BCUT2D eigenvalue weighted by Crippen LogP contribution is -2.10. The fourth-order valence-electron chi connectivity index (χ4n) is 0.658. The number of aliphatic hydroxyl groups excluding tert-OH is 2. The minimum atomic E-state index is -0.269. The molecule has 14 heavy (non-hydrogen) atoms. The summed E-state index contributed by atoms with van der Waals surface area (Å²) >= 11 is 0. The standard InChI is InChI=1S/C12H22O2/c1-11(2,3)9(13)7-8-10(14)12(4,5)6/h7-8,13-14H,1-6H3/b9-7-,10-8-. The third kappa shape index (κ3) is 4.35. The second-order valence-corrected chi connectivity index (χ2v) is 5.60. The van der Waals surface area contributed by atoms with Crippen LogP contribution in [0.15, 0.2) is 23.7 Å². The van der Waals surface area contributed by atoms with Gasteiger partial charge in [-0.3, -0.25) is 0 Å². The Kier molecular flexibility index (Phi) is 3.81. The van der Waals surface area contributed by atoms with Crippen molar-refractivity contribution in [2.45, 2.75) is 41.5 Å². The Bertz CT molecular complexity index is 218. The molecule has 0 radical (unpaired) electrons. The summed E-state index contributed by atoms with van der Waals surface area (Å²) in [4.78, 5) is 0. The predicted molar refractivity (Wildman–Crippen MR) is 60.3 cm³/mol. The minimum Gasteiger partial charge on any atom is -0.512 e. The lowest BCUT2D eigenvalue weighted by molar-refractivity contribution is 0.270. The lowest BCUT2D eigenvalue weighted by atomic mass is 9.91. The van der Waals surface area contributed by atoms with Crippen molar-refractivity contribution in [3.8, 4) is 0 Å². The number of hydrogen-bond acceptors (Lipinski definition) is 2. The van der Waals surface area contributed by atoms with Gasteiger partial charge in [0.15, 0.2) is 0 Å². The second-order valence-electron chi connectivity index (χ2n) is 5.60. The predicted octanol–water partition coefficient (Wildman–Crippen LogP) is 3.96. The first kappa shape index (κ1) is 13.1. The molecule has 0 aromatic carbocycles. The smallest absolute Gasteiger partial charge is 0.0977 e. The van der Waals surface area contributed by atoms with Gasteiger partial charge in [0.25, 0.3) is 0 Å². The van der Waals surface area contributed by atoms with Gasteiger partial charge in [0, 0.05) is 10.8 Å². The molecule has 0 bridgehead atoms. The van der Waals surface area contributed by atoms with E-state index in [9.17, 15) is 10.2 Å². The van der Waals surface area contributed by atoms with Crippen molar-refractivity contribution in [3.63, 3.8) is 0 Å². The fourth-order valence-corrected chi connectivity index (χ4v) is 0.658. The molecule has 0 atom stereocenters. The molecule has 0 aliphatic heterocycles. The van der Waals surface area contributed by atoms with Crippen LogP contribution in [0.1, 0.15) is 41.5 Å². The van der Waals surface area contributed by atoms with E-state index in [1.807, 2.05) is 41.5 Å². The Morgan fingerprint density at radius 1 is 0.714 bits per heavy atom. The van der Waals surface area contributed by atoms with Gasteiger partial charge in [0.1, 0.15) is 0 Å². The third-order valence-electron chi connectivity index (χ3n) is 1.94. The third-order valence-corrected chi connectivity index (χ3v) is 1.94. The summed E-state index contributed by atoms with van der Waals surface area (Å²) in [6, 6.07) is 0. The highest BCUT2D eigenvalue weighted by atomic mass is 16.3. The van der Waals surface area contributed by atoms with E-state index in [2.05, 4.69) is 0 Å². The molecule has 2 heteroatoms. The zero-order chi connectivity index (χ0) is 11.6. The molecular weight excluding hydrogens is 176 g/mol. The summed E-state index contributed by atoms with van der Waals surface area (Å²) < 4.78 is 0. The Balaban J connectivity index is 4.73. The van der Waals surface area contributed by atoms with Crippen LogP contribution in [0.25, 0.3) is 0 Å². The minimum absolute atomic E-state index is 0.269. The van der Waals surface area contributed by atoms with Crippen LogP contribution in [0.5, 0.6) is 0 Å².